The van der Waals surface area contributed by atoms with Gasteiger partial charge in [0.1, 0.15) is 0 Å². The highest BCUT2D eigenvalue weighted by Crippen LogP contribution is 2.21. The Kier molecular flexibility index (Phi) is 3.81. The van der Waals surface area contributed by atoms with Gasteiger partial charge in [-0.1, -0.05) is 24.3 Å². The van der Waals surface area contributed by atoms with Gasteiger partial charge in [-0.2, -0.15) is 0 Å². The van der Waals surface area contributed by atoms with E-state index in [9.17, 15) is 0 Å². The van der Waals surface area contributed by atoms with Gasteiger partial charge in [0.05, 0.1) is 5.52 Å². The fraction of sp³-hybridized carbons (Fsp3) is 0.235. The van der Waals surface area contributed by atoms with E-state index in [0.717, 1.165) is 18.6 Å². The minimum absolute atomic E-state index is 0.850. The molecular weight excluding hydrogens is 264 g/mol. The summed E-state index contributed by atoms with van der Waals surface area (Å²) in [5, 5.41) is 4.73. The van der Waals surface area contributed by atoms with Crippen molar-refractivity contribution in [3.63, 3.8) is 0 Å². The van der Waals surface area contributed by atoms with Crippen molar-refractivity contribution in [1.29, 1.82) is 0 Å². The number of hydrogen-bond donors (Lipinski definition) is 1. The summed E-state index contributed by atoms with van der Waals surface area (Å²) in [7, 11) is 0. The summed E-state index contributed by atoms with van der Waals surface area (Å²) < 4.78 is 0. The number of para-hydroxylation sites is 1. The minimum atomic E-state index is 0.850. The van der Waals surface area contributed by atoms with E-state index in [-0.39, 0.29) is 0 Å². The number of aromatic nitrogens is 1. The molecule has 1 N–H and O–H groups in total. The van der Waals surface area contributed by atoms with E-state index in [2.05, 4.69) is 54.5 Å². The van der Waals surface area contributed by atoms with Crippen molar-refractivity contribution < 1.29 is 0 Å². The van der Waals surface area contributed by atoms with Gasteiger partial charge in [0.2, 0.25) is 0 Å². The number of thiophene rings is 1. The number of benzene rings is 1. The molecule has 0 unspecified atom stereocenters. The maximum Gasteiger partial charge on any atom is 0.0746 e. The highest BCUT2D eigenvalue weighted by atomic mass is 32.1. The van der Waals surface area contributed by atoms with Crippen LogP contribution in [0.1, 0.15) is 20.9 Å². The molecule has 1 aromatic carbocycles. The van der Waals surface area contributed by atoms with Crippen molar-refractivity contribution in [2.75, 3.05) is 0 Å². The number of hydrogen-bond acceptors (Lipinski definition) is 3. The Hall–Kier alpha value is -1.71. The van der Waals surface area contributed by atoms with Gasteiger partial charge in [-0.15, -0.1) is 11.3 Å². The van der Waals surface area contributed by atoms with Crippen molar-refractivity contribution in [1.82, 2.24) is 10.3 Å². The number of fused-ring (bicyclic) bond motifs is 1. The second kappa shape index (κ2) is 5.73. The predicted octanol–water partition coefficient (Wildman–Crippen LogP) is 4.20. The molecule has 0 spiro atoms. The average molecular weight is 282 g/mol. The normalized spacial score (nSPS) is 11.1. The Morgan fingerprint density at radius 3 is 2.65 bits per heavy atom. The molecular formula is C17H18N2S. The van der Waals surface area contributed by atoms with E-state index >= 15 is 0 Å². The lowest BCUT2D eigenvalue weighted by Crippen LogP contribution is -2.13. The van der Waals surface area contributed by atoms with Crippen molar-refractivity contribution in [3.05, 3.63) is 63.5 Å². The van der Waals surface area contributed by atoms with Crippen molar-refractivity contribution in [2.45, 2.75) is 26.9 Å². The van der Waals surface area contributed by atoms with Gasteiger partial charge < -0.3 is 5.32 Å². The lowest BCUT2D eigenvalue weighted by molar-refractivity contribution is 0.695. The minimum Gasteiger partial charge on any atom is -0.308 e. The summed E-state index contributed by atoms with van der Waals surface area (Å²) in [6, 6.07) is 12.7. The molecule has 2 nitrogen and oxygen atoms in total. The molecule has 0 aliphatic carbocycles. The van der Waals surface area contributed by atoms with Crippen LogP contribution in [0.4, 0.5) is 0 Å². The highest BCUT2D eigenvalue weighted by Gasteiger charge is 2.04. The summed E-state index contributed by atoms with van der Waals surface area (Å²) >= 11 is 1.87. The standard InChI is InChI=1S/C17H18N2S/c1-12-9-16(13(2)20-12)11-18-10-15-6-3-5-14-7-4-8-19-17(14)15/h3-9,18H,10-11H2,1-2H3. The second-order valence-corrected chi connectivity index (χ2v) is 6.49. The third-order valence-electron chi connectivity index (χ3n) is 3.49. The molecule has 0 saturated carbocycles. The first kappa shape index (κ1) is 13.3. The van der Waals surface area contributed by atoms with Crippen LogP contribution < -0.4 is 5.32 Å². The van der Waals surface area contributed by atoms with Crippen LogP contribution in [0.3, 0.4) is 0 Å². The van der Waals surface area contributed by atoms with Gasteiger partial charge in [-0.25, -0.2) is 0 Å². The Balaban J connectivity index is 1.73. The quantitative estimate of drug-likeness (QED) is 0.775. The fourth-order valence-corrected chi connectivity index (χ4v) is 3.45. The monoisotopic (exact) mass is 282 g/mol. The Bertz CT molecular complexity index is 725. The first-order valence-electron chi connectivity index (χ1n) is 6.83. The van der Waals surface area contributed by atoms with Gasteiger partial charge in [0.25, 0.3) is 0 Å². The zero-order valence-corrected chi connectivity index (χ0v) is 12.6. The van der Waals surface area contributed by atoms with Crippen LogP contribution in [0.5, 0.6) is 0 Å². The van der Waals surface area contributed by atoms with Gasteiger partial charge in [-0.05, 0) is 37.1 Å². The van der Waals surface area contributed by atoms with Gasteiger partial charge in [-0.3, -0.25) is 4.98 Å². The molecule has 0 aliphatic heterocycles. The zero-order chi connectivity index (χ0) is 13.9. The molecule has 0 aliphatic rings. The van der Waals surface area contributed by atoms with Crippen molar-refractivity contribution >= 4 is 22.2 Å². The Morgan fingerprint density at radius 1 is 1.05 bits per heavy atom. The Morgan fingerprint density at radius 2 is 1.85 bits per heavy atom. The number of aryl methyl sites for hydroxylation is 2. The fourth-order valence-electron chi connectivity index (χ4n) is 2.50. The lowest BCUT2D eigenvalue weighted by atomic mass is 10.1. The first-order chi connectivity index (χ1) is 9.74. The molecule has 102 valence electrons. The average Bonchev–Trinajstić information content (AvgIpc) is 2.77. The summed E-state index contributed by atoms with van der Waals surface area (Å²) in [6.07, 6.45) is 1.86. The SMILES string of the molecule is Cc1cc(CNCc2cccc3cccnc23)c(C)s1. The third kappa shape index (κ3) is 2.74. The van der Waals surface area contributed by atoms with E-state index in [1.165, 1.54) is 26.3 Å². The molecule has 3 aromatic rings. The maximum absolute atomic E-state index is 4.49. The second-order valence-electron chi connectivity index (χ2n) is 5.03. The smallest absolute Gasteiger partial charge is 0.0746 e. The number of nitrogens with one attached hydrogen (secondary N) is 1. The van der Waals surface area contributed by atoms with E-state index in [1.807, 2.05) is 23.6 Å². The highest BCUT2D eigenvalue weighted by molar-refractivity contribution is 7.12. The molecule has 0 saturated heterocycles. The molecule has 0 amide bonds. The van der Waals surface area contributed by atoms with E-state index in [4.69, 9.17) is 0 Å². The third-order valence-corrected chi connectivity index (χ3v) is 4.50. The number of rotatable bonds is 4. The van der Waals surface area contributed by atoms with Crippen LogP contribution in [0, 0.1) is 13.8 Å². The van der Waals surface area contributed by atoms with Crippen molar-refractivity contribution in [2.24, 2.45) is 0 Å². The predicted molar refractivity (Wildman–Crippen MR) is 86.1 cm³/mol. The van der Waals surface area contributed by atoms with Gasteiger partial charge in [0, 0.05) is 34.4 Å². The van der Waals surface area contributed by atoms with Crippen molar-refractivity contribution in [3.8, 4) is 0 Å². The van der Waals surface area contributed by atoms with E-state index in [0.29, 0.717) is 0 Å². The molecule has 0 fully saturated rings. The number of nitrogens with zero attached hydrogens (tertiary/aromatic N) is 1. The Labute approximate surface area is 123 Å². The molecule has 0 bridgehead atoms. The van der Waals surface area contributed by atoms with Crippen LogP contribution in [0.15, 0.2) is 42.6 Å². The van der Waals surface area contributed by atoms with Crippen LogP contribution >= 0.6 is 11.3 Å². The van der Waals surface area contributed by atoms with Crippen LogP contribution in [0.2, 0.25) is 0 Å². The van der Waals surface area contributed by atoms with Gasteiger partial charge >= 0.3 is 0 Å². The summed E-state index contributed by atoms with van der Waals surface area (Å²) in [5.74, 6) is 0. The van der Waals surface area contributed by atoms with Crippen LogP contribution in [-0.4, -0.2) is 4.98 Å². The molecule has 2 heterocycles. The molecule has 20 heavy (non-hydrogen) atoms. The molecule has 2 aromatic heterocycles. The summed E-state index contributed by atoms with van der Waals surface area (Å²) in [5.41, 5.74) is 3.76. The zero-order valence-electron chi connectivity index (χ0n) is 11.8. The van der Waals surface area contributed by atoms with Crippen LogP contribution in [-0.2, 0) is 13.1 Å². The molecule has 3 rings (SSSR count). The summed E-state index contributed by atoms with van der Waals surface area (Å²) in [6.45, 7) is 6.12. The maximum atomic E-state index is 4.49. The van der Waals surface area contributed by atoms with Crippen LogP contribution in [0.25, 0.3) is 10.9 Å². The first-order valence-corrected chi connectivity index (χ1v) is 7.65. The van der Waals surface area contributed by atoms with E-state index < -0.39 is 0 Å². The topological polar surface area (TPSA) is 24.9 Å². The molecule has 0 atom stereocenters. The number of pyridine rings is 1. The largest absolute Gasteiger partial charge is 0.308 e. The summed E-state index contributed by atoms with van der Waals surface area (Å²) in [4.78, 5) is 7.28. The van der Waals surface area contributed by atoms with E-state index in [1.54, 1.807) is 0 Å². The lowest BCUT2D eigenvalue weighted by Gasteiger charge is -2.07. The molecule has 3 heteroatoms. The molecule has 0 radical (unpaired) electrons. The van der Waals surface area contributed by atoms with Gasteiger partial charge in [0.15, 0.2) is 0 Å².